The molecule has 0 bridgehead atoms. The number of hydrogen-bond donors (Lipinski definition) is 2. The van der Waals surface area contributed by atoms with Crippen molar-refractivity contribution in [3.05, 3.63) is 70.9 Å². The summed E-state index contributed by atoms with van der Waals surface area (Å²) in [7, 11) is 9.48. The highest BCUT2D eigenvalue weighted by atomic mass is 16.5. The molecular weight excluding hydrogens is 512 g/mol. The van der Waals surface area contributed by atoms with Gasteiger partial charge in [-0.1, -0.05) is 12.1 Å². The zero-order valence-corrected chi connectivity index (χ0v) is 23.5. The molecule has 0 fully saturated rings. The summed E-state index contributed by atoms with van der Waals surface area (Å²) in [6.07, 6.45) is 0.908. The predicted octanol–water partition coefficient (Wildman–Crippen LogP) is 5.72. The first kappa shape index (κ1) is 27.1. The van der Waals surface area contributed by atoms with Crippen LogP contribution in [0.15, 0.2) is 59.8 Å². The van der Waals surface area contributed by atoms with Crippen LogP contribution in [0.3, 0.4) is 0 Å². The molecule has 0 amide bonds. The lowest BCUT2D eigenvalue weighted by molar-refractivity contribution is -0.116. The standard InChI is InChI=1S/C31H34N2O7/c1-35-24-12-11-19(29(38-4)31(24)40-6)28-27-22(32-20-9-7-8-10-21(20)33-28)13-17(14-23(27)34)18-15-25(36-2)30(39-5)26(16-18)37-3/h7-12,15-17,28,32-33H,13-14H2,1-6H3. The van der Waals surface area contributed by atoms with Crippen molar-refractivity contribution in [3.63, 3.8) is 0 Å². The van der Waals surface area contributed by atoms with E-state index in [1.807, 2.05) is 48.5 Å². The second-order valence-electron chi connectivity index (χ2n) is 9.55. The Kier molecular flexibility index (Phi) is 7.64. The number of Topliss-reactive ketones (excluding diaryl/α,β-unsaturated/α-hetero) is 1. The topological polar surface area (TPSA) is 96.5 Å². The number of hydrogen-bond acceptors (Lipinski definition) is 9. The molecule has 5 rings (SSSR count). The Morgan fingerprint density at radius 3 is 1.90 bits per heavy atom. The van der Waals surface area contributed by atoms with Gasteiger partial charge in [0.15, 0.2) is 28.8 Å². The molecule has 0 saturated heterocycles. The first-order valence-electron chi connectivity index (χ1n) is 12.9. The van der Waals surface area contributed by atoms with Crippen LogP contribution in [0.5, 0.6) is 34.5 Å². The van der Waals surface area contributed by atoms with Gasteiger partial charge in [-0.25, -0.2) is 0 Å². The van der Waals surface area contributed by atoms with Crippen LogP contribution < -0.4 is 39.1 Å². The summed E-state index contributed by atoms with van der Waals surface area (Å²) in [4.78, 5) is 14.1. The Morgan fingerprint density at radius 1 is 0.675 bits per heavy atom. The molecule has 40 heavy (non-hydrogen) atoms. The Balaban J connectivity index is 1.65. The van der Waals surface area contributed by atoms with Gasteiger partial charge in [-0.05, 0) is 54.3 Å². The number of benzene rings is 3. The molecule has 1 aliphatic heterocycles. The lowest BCUT2D eigenvalue weighted by Gasteiger charge is -2.31. The van der Waals surface area contributed by atoms with Gasteiger partial charge in [-0.15, -0.1) is 0 Å². The minimum atomic E-state index is -0.491. The molecule has 0 aromatic heterocycles. The van der Waals surface area contributed by atoms with E-state index >= 15 is 0 Å². The Hall–Kier alpha value is -4.53. The molecule has 2 aliphatic rings. The number of fused-ring (bicyclic) bond motifs is 1. The van der Waals surface area contributed by atoms with Crippen LogP contribution in [0.4, 0.5) is 11.4 Å². The first-order valence-corrected chi connectivity index (χ1v) is 12.9. The molecule has 3 aromatic rings. The number of carbonyl (C=O) groups is 1. The highest BCUT2D eigenvalue weighted by Gasteiger charge is 2.38. The van der Waals surface area contributed by atoms with Crippen molar-refractivity contribution in [2.75, 3.05) is 53.3 Å². The van der Waals surface area contributed by atoms with Crippen molar-refractivity contribution in [2.24, 2.45) is 0 Å². The second kappa shape index (κ2) is 11.3. The van der Waals surface area contributed by atoms with Crippen LogP contribution in [0, 0.1) is 0 Å². The minimum Gasteiger partial charge on any atom is -0.493 e. The fraction of sp³-hybridized carbons (Fsp3) is 0.323. The third-order valence-corrected chi connectivity index (χ3v) is 7.51. The Bertz CT molecular complexity index is 1440. The van der Waals surface area contributed by atoms with Gasteiger partial charge in [0.2, 0.25) is 11.5 Å². The molecule has 9 nitrogen and oxygen atoms in total. The summed E-state index contributed by atoms with van der Waals surface area (Å²) in [5.41, 5.74) is 4.96. The number of anilines is 2. The van der Waals surface area contributed by atoms with E-state index < -0.39 is 6.04 Å². The van der Waals surface area contributed by atoms with Gasteiger partial charge >= 0.3 is 0 Å². The molecule has 3 aromatic carbocycles. The van der Waals surface area contributed by atoms with E-state index in [0.29, 0.717) is 52.9 Å². The van der Waals surface area contributed by atoms with E-state index in [2.05, 4.69) is 10.6 Å². The minimum absolute atomic E-state index is 0.0228. The maximum atomic E-state index is 14.1. The summed E-state index contributed by atoms with van der Waals surface area (Å²) in [6.45, 7) is 0. The molecule has 0 saturated carbocycles. The van der Waals surface area contributed by atoms with E-state index in [1.54, 1.807) is 42.7 Å². The van der Waals surface area contributed by atoms with Crippen molar-refractivity contribution in [2.45, 2.75) is 24.8 Å². The van der Waals surface area contributed by atoms with Crippen molar-refractivity contribution >= 4 is 17.2 Å². The van der Waals surface area contributed by atoms with Crippen molar-refractivity contribution in [1.82, 2.24) is 0 Å². The summed E-state index contributed by atoms with van der Waals surface area (Å²) in [5, 5.41) is 7.17. The van der Waals surface area contributed by atoms with Crippen molar-refractivity contribution in [1.29, 1.82) is 0 Å². The number of ether oxygens (including phenoxy) is 6. The number of allylic oxidation sites excluding steroid dienone is 1. The van der Waals surface area contributed by atoms with Crippen LogP contribution in [0.1, 0.15) is 35.9 Å². The molecule has 0 spiro atoms. The Morgan fingerprint density at radius 2 is 1.30 bits per heavy atom. The van der Waals surface area contributed by atoms with E-state index in [1.165, 1.54) is 0 Å². The van der Waals surface area contributed by atoms with Crippen molar-refractivity contribution in [3.8, 4) is 34.5 Å². The van der Waals surface area contributed by atoms with Crippen LogP contribution in [0.2, 0.25) is 0 Å². The number of carbonyl (C=O) groups excluding carboxylic acids is 1. The van der Waals surface area contributed by atoms with Gasteiger partial charge in [-0.3, -0.25) is 4.79 Å². The van der Waals surface area contributed by atoms with E-state index in [0.717, 1.165) is 28.2 Å². The number of ketones is 1. The van der Waals surface area contributed by atoms with E-state index in [9.17, 15) is 4.79 Å². The summed E-state index contributed by atoms with van der Waals surface area (Å²) < 4.78 is 33.7. The third-order valence-electron chi connectivity index (χ3n) is 7.51. The number of rotatable bonds is 8. The average Bonchev–Trinajstić information content (AvgIpc) is 3.16. The molecule has 2 N–H and O–H groups in total. The Labute approximate surface area is 234 Å². The highest BCUT2D eigenvalue weighted by Crippen LogP contribution is 2.50. The molecule has 1 heterocycles. The fourth-order valence-corrected chi connectivity index (χ4v) is 5.65. The van der Waals surface area contributed by atoms with Crippen LogP contribution >= 0.6 is 0 Å². The summed E-state index contributed by atoms with van der Waals surface area (Å²) >= 11 is 0. The molecule has 1 aliphatic carbocycles. The van der Waals surface area contributed by atoms with Gasteiger partial charge in [0, 0.05) is 23.3 Å². The molecule has 9 heteroatoms. The van der Waals surface area contributed by atoms with E-state index in [-0.39, 0.29) is 11.7 Å². The largest absolute Gasteiger partial charge is 0.493 e. The summed E-state index contributed by atoms with van der Waals surface area (Å²) in [6, 6.07) is 15.0. The zero-order valence-electron chi connectivity index (χ0n) is 23.5. The number of methoxy groups -OCH3 is 6. The number of nitrogens with one attached hydrogen (secondary N) is 2. The molecular formula is C31H34N2O7. The summed E-state index contributed by atoms with van der Waals surface area (Å²) in [5.74, 6) is 3.06. The quantitative estimate of drug-likeness (QED) is 0.368. The zero-order chi connectivity index (χ0) is 28.4. The van der Waals surface area contributed by atoms with Gasteiger partial charge in [0.05, 0.1) is 60.1 Å². The smallest absolute Gasteiger partial charge is 0.203 e. The second-order valence-corrected chi connectivity index (χ2v) is 9.55. The lowest BCUT2D eigenvalue weighted by Crippen LogP contribution is -2.27. The molecule has 210 valence electrons. The van der Waals surface area contributed by atoms with Gasteiger partial charge in [0.1, 0.15) is 0 Å². The molecule has 0 radical (unpaired) electrons. The third kappa shape index (κ3) is 4.61. The van der Waals surface area contributed by atoms with Crippen molar-refractivity contribution < 1.29 is 33.2 Å². The van der Waals surface area contributed by atoms with Gasteiger partial charge in [-0.2, -0.15) is 0 Å². The SMILES string of the molecule is COc1cc(C2CC(=O)C3=C(C2)Nc2ccccc2NC3c2ccc(OC)c(OC)c2OC)cc(OC)c1OC. The van der Waals surface area contributed by atoms with E-state index in [4.69, 9.17) is 28.4 Å². The molecule has 2 unspecified atom stereocenters. The number of para-hydroxylation sites is 2. The normalized spacial score (nSPS) is 17.9. The molecule has 2 atom stereocenters. The fourth-order valence-electron chi connectivity index (χ4n) is 5.65. The van der Waals surface area contributed by atoms with Gasteiger partial charge < -0.3 is 39.1 Å². The van der Waals surface area contributed by atoms with Crippen LogP contribution in [-0.2, 0) is 4.79 Å². The van der Waals surface area contributed by atoms with Crippen LogP contribution in [-0.4, -0.2) is 48.4 Å². The van der Waals surface area contributed by atoms with Crippen LogP contribution in [0.25, 0.3) is 0 Å². The maximum Gasteiger partial charge on any atom is 0.203 e. The first-order chi connectivity index (χ1) is 19.5. The average molecular weight is 547 g/mol. The highest BCUT2D eigenvalue weighted by molar-refractivity contribution is 6.01. The maximum absolute atomic E-state index is 14.1. The van der Waals surface area contributed by atoms with Gasteiger partial charge in [0.25, 0.3) is 0 Å². The lowest BCUT2D eigenvalue weighted by atomic mass is 9.78. The monoisotopic (exact) mass is 546 g/mol. The predicted molar refractivity (Wildman–Crippen MR) is 153 cm³/mol.